The summed E-state index contributed by atoms with van der Waals surface area (Å²) in [6, 6.07) is 20.8. The number of hydrogen-bond donors (Lipinski definition) is 1. The molecule has 180 valence electrons. The Hall–Kier alpha value is -3.17. The van der Waals surface area contributed by atoms with Crippen LogP contribution in [-0.4, -0.2) is 35.5 Å². The first-order valence-electron chi connectivity index (χ1n) is 10.8. The van der Waals surface area contributed by atoms with Crippen LogP contribution in [0.25, 0.3) is 0 Å². The Balaban J connectivity index is 1.84. The van der Waals surface area contributed by atoms with Crippen molar-refractivity contribution in [1.29, 1.82) is 0 Å². The summed E-state index contributed by atoms with van der Waals surface area (Å²) in [4.78, 5) is 13.2. The molecule has 0 saturated heterocycles. The van der Waals surface area contributed by atoms with Gasteiger partial charge in [0.05, 0.1) is 21.5 Å². The predicted octanol–water partition coefficient (Wildman–Crippen LogP) is 3.73. The molecular weight excluding hydrogens is 472 g/mol. The summed E-state index contributed by atoms with van der Waals surface area (Å²) in [5, 5.41) is 2.81. The van der Waals surface area contributed by atoms with Crippen LogP contribution in [0, 0.1) is 0 Å². The number of nitrogens with one attached hydrogen (secondary N) is 1. The molecule has 0 radical (unpaired) electrons. The number of hydrogen-bond acceptors (Lipinski definition) is 5. The smallest absolute Gasteiger partial charge is 0.264 e. The molecule has 7 nitrogen and oxygen atoms in total. The van der Waals surface area contributed by atoms with E-state index in [1.165, 1.54) is 24.3 Å². The van der Waals surface area contributed by atoms with E-state index in [2.05, 4.69) is 5.32 Å². The van der Waals surface area contributed by atoms with Crippen LogP contribution in [0.15, 0.2) is 88.7 Å². The van der Waals surface area contributed by atoms with Crippen molar-refractivity contribution in [3.05, 3.63) is 90.0 Å². The molecule has 0 heterocycles. The van der Waals surface area contributed by atoms with Gasteiger partial charge < -0.3 is 5.32 Å². The second kappa shape index (κ2) is 10.4. The predicted molar refractivity (Wildman–Crippen MR) is 133 cm³/mol. The zero-order valence-corrected chi connectivity index (χ0v) is 20.9. The fourth-order valence-electron chi connectivity index (χ4n) is 3.44. The molecule has 0 fully saturated rings. The van der Waals surface area contributed by atoms with Gasteiger partial charge in [-0.3, -0.25) is 9.10 Å². The van der Waals surface area contributed by atoms with E-state index in [4.69, 9.17) is 0 Å². The highest BCUT2D eigenvalue weighted by atomic mass is 32.2. The maximum Gasteiger partial charge on any atom is 0.264 e. The average Bonchev–Trinajstić information content (AvgIpc) is 2.82. The fourth-order valence-corrected chi connectivity index (χ4v) is 5.51. The van der Waals surface area contributed by atoms with E-state index in [-0.39, 0.29) is 9.79 Å². The zero-order chi connectivity index (χ0) is 24.9. The summed E-state index contributed by atoms with van der Waals surface area (Å²) in [6.07, 6.45) is 1.93. The van der Waals surface area contributed by atoms with Gasteiger partial charge in [-0.1, -0.05) is 49.4 Å². The van der Waals surface area contributed by atoms with Gasteiger partial charge >= 0.3 is 0 Å². The van der Waals surface area contributed by atoms with E-state index in [1.54, 1.807) is 49.4 Å². The van der Waals surface area contributed by atoms with Crippen molar-refractivity contribution in [1.82, 2.24) is 5.32 Å². The highest BCUT2D eigenvalue weighted by Gasteiger charge is 2.27. The first-order chi connectivity index (χ1) is 16.0. The lowest BCUT2D eigenvalue weighted by Gasteiger charge is -2.25. The van der Waals surface area contributed by atoms with E-state index in [0.717, 1.165) is 22.5 Å². The van der Waals surface area contributed by atoms with Crippen LogP contribution in [-0.2, 0) is 31.1 Å². The third kappa shape index (κ3) is 6.03. The monoisotopic (exact) mass is 500 g/mol. The molecule has 34 heavy (non-hydrogen) atoms. The van der Waals surface area contributed by atoms with E-state index >= 15 is 0 Å². The molecule has 0 aliphatic carbocycles. The minimum absolute atomic E-state index is 0.0896. The molecule has 3 aromatic rings. The van der Waals surface area contributed by atoms with Gasteiger partial charge in [-0.25, -0.2) is 16.8 Å². The molecule has 0 spiro atoms. The highest BCUT2D eigenvalue weighted by Crippen LogP contribution is 2.24. The number of sulfonamides is 1. The maximum absolute atomic E-state index is 13.4. The van der Waals surface area contributed by atoms with Crippen molar-refractivity contribution in [2.24, 2.45) is 0 Å². The SMILES string of the molecule is CCc1ccc(N(CC(=O)NC(C)c2ccc(S(C)(=O)=O)cc2)S(=O)(=O)c2ccccc2)cc1. The number of carbonyl (C=O) groups is 1. The maximum atomic E-state index is 13.4. The quantitative estimate of drug-likeness (QED) is 0.483. The number of anilines is 1. The number of sulfone groups is 1. The van der Waals surface area contributed by atoms with Crippen LogP contribution in [0.2, 0.25) is 0 Å². The second-order valence-electron chi connectivity index (χ2n) is 7.98. The van der Waals surface area contributed by atoms with Gasteiger partial charge in [0.15, 0.2) is 9.84 Å². The molecule has 0 aliphatic heterocycles. The third-order valence-electron chi connectivity index (χ3n) is 5.44. The van der Waals surface area contributed by atoms with Crippen LogP contribution < -0.4 is 9.62 Å². The van der Waals surface area contributed by atoms with Gasteiger partial charge in [0.2, 0.25) is 5.91 Å². The van der Waals surface area contributed by atoms with Crippen molar-refractivity contribution < 1.29 is 21.6 Å². The van der Waals surface area contributed by atoms with Crippen LogP contribution >= 0.6 is 0 Å². The van der Waals surface area contributed by atoms with Crippen molar-refractivity contribution in [2.45, 2.75) is 36.1 Å². The highest BCUT2D eigenvalue weighted by molar-refractivity contribution is 7.93. The summed E-state index contributed by atoms with van der Waals surface area (Å²) >= 11 is 0. The van der Waals surface area contributed by atoms with Gasteiger partial charge in [-0.15, -0.1) is 0 Å². The summed E-state index contributed by atoms with van der Waals surface area (Å²) in [6.45, 7) is 3.35. The Bertz CT molecular complexity index is 1340. The van der Waals surface area contributed by atoms with Gasteiger partial charge in [-0.2, -0.15) is 0 Å². The Morgan fingerprint density at radius 3 is 1.97 bits per heavy atom. The number of carbonyl (C=O) groups excluding carboxylic acids is 1. The van der Waals surface area contributed by atoms with Crippen LogP contribution in [0.4, 0.5) is 5.69 Å². The average molecular weight is 501 g/mol. The van der Waals surface area contributed by atoms with Crippen LogP contribution in [0.3, 0.4) is 0 Å². The number of rotatable bonds is 9. The minimum atomic E-state index is -3.99. The normalized spacial score (nSPS) is 12.7. The first-order valence-corrected chi connectivity index (χ1v) is 14.1. The van der Waals surface area contributed by atoms with Gasteiger partial charge in [0.1, 0.15) is 6.54 Å². The van der Waals surface area contributed by atoms with Crippen molar-refractivity contribution in [3.63, 3.8) is 0 Å². The molecule has 1 N–H and O–H groups in total. The molecule has 0 bridgehead atoms. The van der Waals surface area contributed by atoms with Crippen molar-refractivity contribution >= 4 is 31.5 Å². The Labute approximate surface area is 201 Å². The lowest BCUT2D eigenvalue weighted by Crippen LogP contribution is -2.41. The number of aryl methyl sites for hydroxylation is 1. The number of amides is 1. The Morgan fingerprint density at radius 1 is 0.853 bits per heavy atom. The Morgan fingerprint density at radius 2 is 1.44 bits per heavy atom. The molecule has 1 atom stereocenters. The molecule has 9 heteroatoms. The molecule has 0 aliphatic rings. The van der Waals surface area contributed by atoms with E-state index in [0.29, 0.717) is 11.3 Å². The van der Waals surface area contributed by atoms with Gasteiger partial charge in [-0.05, 0) is 60.9 Å². The molecular formula is C25H28N2O5S2. The topological polar surface area (TPSA) is 101 Å². The van der Waals surface area contributed by atoms with Crippen molar-refractivity contribution in [2.75, 3.05) is 17.1 Å². The molecule has 1 unspecified atom stereocenters. The largest absolute Gasteiger partial charge is 0.348 e. The standard InChI is InChI=1S/C25H28N2O5S2/c1-4-20-10-14-22(15-11-20)27(34(31,32)24-8-6-5-7-9-24)18-25(28)26-19(2)21-12-16-23(17-13-21)33(3,29)30/h5-17,19H,4,18H2,1-3H3,(H,26,28). The summed E-state index contributed by atoms with van der Waals surface area (Å²) in [5.74, 6) is -0.487. The fraction of sp³-hybridized carbons (Fsp3) is 0.240. The molecule has 3 aromatic carbocycles. The van der Waals surface area contributed by atoms with E-state index in [9.17, 15) is 21.6 Å². The van der Waals surface area contributed by atoms with Crippen molar-refractivity contribution in [3.8, 4) is 0 Å². The molecule has 0 aromatic heterocycles. The molecule has 3 rings (SSSR count). The molecule has 0 saturated carbocycles. The third-order valence-corrected chi connectivity index (χ3v) is 8.35. The molecule has 1 amide bonds. The summed E-state index contributed by atoms with van der Waals surface area (Å²) < 4.78 is 51.2. The summed E-state index contributed by atoms with van der Waals surface area (Å²) in [7, 11) is -7.31. The Kier molecular flexibility index (Phi) is 7.78. The lowest BCUT2D eigenvalue weighted by atomic mass is 10.1. The lowest BCUT2D eigenvalue weighted by molar-refractivity contribution is -0.120. The van der Waals surface area contributed by atoms with E-state index in [1.807, 2.05) is 19.1 Å². The summed E-state index contributed by atoms with van der Waals surface area (Å²) in [5.41, 5.74) is 2.14. The second-order valence-corrected chi connectivity index (χ2v) is 11.9. The van der Waals surface area contributed by atoms with Crippen LogP contribution in [0.5, 0.6) is 0 Å². The van der Waals surface area contributed by atoms with Gasteiger partial charge in [0, 0.05) is 6.26 Å². The number of nitrogens with zero attached hydrogens (tertiary/aromatic N) is 1. The minimum Gasteiger partial charge on any atom is -0.348 e. The van der Waals surface area contributed by atoms with Gasteiger partial charge in [0.25, 0.3) is 10.0 Å². The van der Waals surface area contributed by atoms with E-state index < -0.39 is 38.4 Å². The first kappa shape index (κ1) is 25.5. The number of benzene rings is 3. The zero-order valence-electron chi connectivity index (χ0n) is 19.3. The van der Waals surface area contributed by atoms with Crippen LogP contribution in [0.1, 0.15) is 31.0 Å².